The molecule has 1 aliphatic carbocycles. The van der Waals surface area contributed by atoms with Crippen LogP contribution in [0.25, 0.3) is 0 Å². The minimum atomic E-state index is 0.284. The lowest BCUT2D eigenvalue weighted by atomic mass is 9.64. The van der Waals surface area contributed by atoms with Gasteiger partial charge in [-0.25, -0.2) is 0 Å². The fraction of sp³-hybridized carbons (Fsp3) is 0.938. The minimum absolute atomic E-state index is 0.284. The SMILES string of the molecule is [B]C(CCCCCCCCNC(=C)N(C)CCCCCC1CC(C)C(C)C(CC)C1)C(C)(C)CC. The maximum absolute atomic E-state index is 6.37. The number of unbranched alkanes of at least 4 members (excludes halogenated alkanes) is 7. The number of nitrogens with zero attached hydrogens (tertiary/aromatic N) is 1. The van der Waals surface area contributed by atoms with E-state index in [0.717, 1.165) is 42.6 Å². The predicted octanol–water partition coefficient (Wildman–Crippen LogP) is 9.37. The van der Waals surface area contributed by atoms with Gasteiger partial charge in [-0.3, -0.25) is 0 Å². The van der Waals surface area contributed by atoms with Crippen molar-refractivity contribution in [2.24, 2.45) is 29.1 Å². The third-order valence-corrected chi connectivity index (χ3v) is 9.76. The highest BCUT2D eigenvalue weighted by Crippen LogP contribution is 2.41. The van der Waals surface area contributed by atoms with E-state index in [9.17, 15) is 0 Å². The molecular formula is C32H63BN2. The van der Waals surface area contributed by atoms with E-state index in [1.54, 1.807) is 0 Å². The van der Waals surface area contributed by atoms with Gasteiger partial charge in [0, 0.05) is 20.1 Å². The third-order valence-electron chi connectivity index (χ3n) is 9.76. The summed E-state index contributed by atoms with van der Waals surface area (Å²) in [5.74, 6) is 5.23. The summed E-state index contributed by atoms with van der Waals surface area (Å²) in [4.78, 5) is 2.32. The molecule has 0 aliphatic heterocycles. The smallest absolute Gasteiger partial charge is 0.0936 e. The van der Waals surface area contributed by atoms with Crippen LogP contribution in [-0.2, 0) is 0 Å². The highest BCUT2D eigenvalue weighted by Gasteiger charge is 2.31. The van der Waals surface area contributed by atoms with Gasteiger partial charge in [-0.2, -0.15) is 0 Å². The Morgan fingerprint density at radius 3 is 2.26 bits per heavy atom. The van der Waals surface area contributed by atoms with Gasteiger partial charge in [-0.15, -0.1) is 0 Å². The third kappa shape index (κ3) is 13.0. The molecule has 1 N–H and O–H groups in total. The molecule has 0 saturated heterocycles. The van der Waals surface area contributed by atoms with Crippen LogP contribution < -0.4 is 5.32 Å². The number of hydrogen-bond donors (Lipinski definition) is 1. The summed E-state index contributed by atoms with van der Waals surface area (Å²) in [6.07, 6.45) is 20.0. The molecule has 0 amide bonds. The van der Waals surface area contributed by atoms with E-state index in [1.807, 2.05) is 0 Å². The maximum Gasteiger partial charge on any atom is 0.0936 e. The van der Waals surface area contributed by atoms with Crippen LogP contribution in [0.2, 0.25) is 5.82 Å². The van der Waals surface area contributed by atoms with Crippen molar-refractivity contribution in [3.8, 4) is 0 Å². The first kappa shape index (κ1) is 32.4. The standard InChI is InChI=1S/C32H63BN2/c1-9-30-25-29(24-26(3)27(30)4)20-16-15-19-23-35(8)28(5)34-22-18-14-12-11-13-17-21-31(33)32(6,7)10-2/h26-27,29-31,34H,5,9-25H2,1-4,6-8H3. The molecule has 0 bridgehead atoms. The second-order valence-electron chi connectivity index (χ2n) is 12.8. The molecule has 2 radical (unpaired) electrons. The minimum Gasteiger partial charge on any atom is -0.372 e. The molecule has 1 fully saturated rings. The summed E-state index contributed by atoms with van der Waals surface area (Å²) in [5.41, 5.74) is 0.284. The predicted molar refractivity (Wildman–Crippen MR) is 159 cm³/mol. The van der Waals surface area contributed by atoms with Gasteiger partial charge in [-0.05, 0) is 54.8 Å². The van der Waals surface area contributed by atoms with Gasteiger partial charge in [0.2, 0.25) is 0 Å². The lowest BCUT2D eigenvalue weighted by Gasteiger charge is -2.38. The largest absolute Gasteiger partial charge is 0.372 e. The Morgan fingerprint density at radius 2 is 1.60 bits per heavy atom. The first-order chi connectivity index (χ1) is 16.6. The summed E-state index contributed by atoms with van der Waals surface area (Å²) in [5, 5.41) is 3.55. The zero-order valence-corrected chi connectivity index (χ0v) is 25.1. The zero-order valence-electron chi connectivity index (χ0n) is 25.1. The highest BCUT2D eigenvalue weighted by molar-refractivity contribution is 6.12. The quantitative estimate of drug-likeness (QED) is 0.136. The first-order valence-electron chi connectivity index (χ1n) is 15.5. The summed E-state index contributed by atoms with van der Waals surface area (Å²) < 4.78 is 0. The van der Waals surface area contributed by atoms with Gasteiger partial charge in [0.15, 0.2) is 0 Å². The van der Waals surface area contributed by atoms with Crippen LogP contribution in [-0.4, -0.2) is 32.9 Å². The van der Waals surface area contributed by atoms with Crippen molar-refractivity contribution in [2.75, 3.05) is 20.1 Å². The molecule has 1 saturated carbocycles. The lowest BCUT2D eigenvalue weighted by Crippen LogP contribution is -2.29. The summed E-state index contributed by atoms with van der Waals surface area (Å²) in [7, 11) is 8.56. The summed E-state index contributed by atoms with van der Waals surface area (Å²) >= 11 is 0. The molecule has 1 aliphatic rings. The molecule has 2 nitrogen and oxygen atoms in total. The molecule has 3 heteroatoms. The fourth-order valence-electron chi connectivity index (χ4n) is 6.03. The van der Waals surface area contributed by atoms with Crippen molar-refractivity contribution in [3.05, 3.63) is 12.4 Å². The second-order valence-corrected chi connectivity index (χ2v) is 12.8. The molecule has 0 heterocycles. The van der Waals surface area contributed by atoms with E-state index in [0.29, 0.717) is 5.82 Å². The van der Waals surface area contributed by atoms with Crippen LogP contribution in [0.15, 0.2) is 12.4 Å². The van der Waals surface area contributed by atoms with Gasteiger partial charge in [0.1, 0.15) is 0 Å². The van der Waals surface area contributed by atoms with Gasteiger partial charge in [0.25, 0.3) is 0 Å². The Bertz CT molecular complexity index is 546. The van der Waals surface area contributed by atoms with Crippen molar-refractivity contribution in [2.45, 2.75) is 144 Å². The zero-order chi connectivity index (χ0) is 26.3. The van der Waals surface area contributed by atoms with E-state index < -0.39 is 0 Å². The van der Waals surface area contributed by atoms with Crippen molar-refractivity contribution < 1.29 is 0 Å². The van der Waals surface area contributed by atoms with Crippen molar-refractivity contribution in [3.63, 3.8) is 0 Å². The van der Waals surface area contributed by atoms with Crippen LogP contribution in [0.5, 0.6) is 0 Å². The molecule has 0 spiro atoms. The number of rotatable bonds is 20. The molecule has 1 rings (SSSR count). The Balaban J connectivity index is 1.98. The second kappa shape index (κ2) is 17.8. The van der Waals surface area contributed by atoms with Crippen LogP contribution in [0.4, 0.5) is 0 Å². The van der Waals surface area contributed by atoms with Crippen LogP contribution in [0.3, 0.4) is 0 Å². The number of nitrogens with one attached hydrogen (secondary N) is 1. The Morgan fingerprint density at radius 1 is 0.971 bits per heavy atom. The molecule has 204 valence electrons. The van der Waals surface area contributed by atoms with E-state index >= 15 is 0 Å². The van der Waals surface area contributed by atoms with Crippen LogP contribution in [0, 0.1) is 29.1 Å². The van der Waals surface area contributed by atoms with E-state index in [-0.39, 0.29) is 5.41 Å². The molecule has 5 unspecified atom stereocenters. The average molecular weight is 487 g/mol. The van der Waals surface area contributed by atoms with Gasteiger partial charge < -0.3 is 10.2 Å². The van der Waals surface area contributed by atoms with E-state index in [1.165, 1.54) is 96.3 Å². The van der Waals surface area contributed by atoms with Crippen LogP contribution >= 0.6 is 0 Å². The Labute approximate surface area is 223 Å². The van der Waals surface area contributed by atoms with Gasteiger partial charge >= 0.3 is 0 Å². The van der Waals surface area contributed by atoms with Crippen molar-refractivity contribution in [1.82, 2.24) is 10.2 Å². The molecule has 0 aromatic rings. The topological polar surface area (TPSA) is 15.3 Å². The molecule has 0 aromatic carbocycles. The average Bonchev–Trinajstić information content (AvgIpc) is 2.84. The van der Waals surface area contributed by atoms with Crippen LogP contribution in [0.1, 0.15) is 138 Å². The van der Waals surface area contributed by atoms with Gasteiger partial charge in [0.05, 0.1) is 13.7 Å². The lowest BCUT2D eigenvalue weighted by molar-refractivity contribution is 0.119. The van der Waals surface area contributed by atoms with Gasteiger partial charge in [-0.1, -0.05) is 125 Å². The molecule has 35 heavy (non-hydrogen) atoms. The fourth-order valence-corrected chi connectivity index (χ4v) is 6.03. The monoisotopic (exact) mass is 487 g/mol. The molecule has 5 atom stereocenters. The Hall–Kier alpha value is -0.595. The van der Waals surface area contributed by atoms with E-state index in [4.69, 9.17) is 7.85 Å². The normalized spacial score (nSPS) is 23.7. The summed E-state index contributed by atoms with van der Waals surface area (Å²) in [6, 6.07) is 0. The van der Waals surface area contributed by atoms with E-state index in [2.05, 4.69) is 65.4 Å². The first-order valence-corrected chi connectivity index (χ1v) is 15.5. The number of hydrogen-bond acceptors (Lipinski definition) is 2. The van der Waals surface area contributed by atoms with Crippen molar-refractivity contribution in [1.29, 1.82) is 0 Å². The van der Waals surface area contributed by atoms with Crippen molar-refractivity contribution >= 4 is 7.85 Å². The molecular weight excluding hydrogens is 423 g/mol. The Kier molecular flexibility index (Phi) is 16.5. The molecule has 0 aromatic heterocycles. The maximum atomic E-state index is 6.37. The summed E-state index contributed by atoms with van der Waals surface area (Å²) in [6.45, 7) is 20.7. The highest BCUT2D eigenvalue weighted by atomic mass is 15.2.